The molecule has 2 amide bonds. The van der Waals surface area contributed by atoms with Crippen LogP contribution in [0.2, 0.25) is 0 Å². The molecular formula is C33H37N7O5. The van der Waals surface area contributed by atoms with Crippen molar-refractivity contribution in [2.45, 2.75) is 43.8 Å². The van der Waals surface area contributed by atoms with Gasteiger partial charge in [-0.05, 0) is 42.0 Å². The van der Waals surface area contributed by atoms with Crippen molar-refractivity contribution >= 4 is 40.6 Å². The molecule has 12 nitrogen and oxygen atoms in total. The Hall–Kier alpha value is -5.33. The molecule has 0 radical (unpaired) electrons. The number of hydrogen-bond donors (Lipinski definition) is 6. The van der Waals surface area contributed by atoms with Gasteiger partial charge in [-0.1, -0.05) is 78.9 Å². The van der Waals surface area contributed by atoms with Crippen molar-refractivity contribution in [1.82, 2.24) is 15.2 Å². The maximum atomic E-state index is 14.6. The van der Waals surface area contributed by atoms with Gasteiger partial charge in [-0.25, -0.2) is 4.79 Å². The monoisotopic (exact) mass is 611 g/mol. The number of aromatic nitrogens is 1. The first-order valence-corrected chi connectivity index (χ1v) is 14.4. The van der Waals surface area contributed by atoms with E-state index in [0.29, 0.717) is 6.42 Å². The summed E-state index contributed by atoms with van der Waals surface area (Å²) in [6.45, 7) is 1.31. The molecule has 12 heteroatoms. The second-order valence-electron chi connectivity index (χ2n) is 10.6. The smallest absolute Gasteiger partial charge is 0.349 e. The Labute approximate surface area is 260 Å². The fourth-order valence-corrected chi connectivity index (χ4v) is 5.38. The van der Waals surface area contributed by atoms with Gasteiger partial charge < -0.3 is 32.2 Å². The van der Waals surface area contributed by atoms with E-state index < -0.39 is 41.4 Å². The maximum Gasteiger partial charge on any atom is 0.349 e. The number of carbonyl (C=O) groups excluding carboxylic acids is 4. The number of nitrogens with two attached hydrogens (primary N) is 3. The summed E-state index contributed by atoms with van der Waals surface area (Å²) in [6.07, 6.45) is 2.15. The van der Waals surface area contributed by atoms with E-state index in [0.717, 1.165) is 28.3 Å². The van der Waals surface area contributed by atoms with E-state index in [4.69, 9.17) is 27.3 Å². The lowest BCUT2D eigenvalue weighted by Gasteiger charge is -2.42. The van der Waals surface area contributed by atoms with Gasteiger partial charge in [0.2, 0.25) is 11.8 Å². The van der Waals surface area contributed by atoms with Crippen LogP contribution in [0.5, 0.6) is 0 Å². The molecule has 1 heterocycles. The Balaban J connectivity index is 1.89. The molecule has 0 bridgehead atoms. The number of nitrogens with one attached hydrogen (secondary N) is 3. The first-order chi connectivity index (χ1) is 21.6. The number of H-pyrrole nitrogens is 1. The first kappa shape index (κ1) is 32.6. The molecule has 2 atom stereocenters. The van der Waals surface area contributed by atoms with Crippen LogP contribution < -0.4 is 22.5 Å². The molecule has 0 aliphatic carbocycles. The molecule has 4 rings (SSSR count). The number of hydrogen-bond acceptors (Lipinski definition) is 8. The summed E-state index contributed by atoms with van der Waals surface area (Å²) in [5, 5.41) is 10.9. The predicted molar refractivity (Wildman–Crippen MR) is 169 cm³/mol. The minimum absolute atomic E-state index is 0.0197. The third-order valence-electron chi connectivity index (χ3n) is 7.45. The lowest BCUT2D eigenvalue weighted by Crippen LogP contribution is -2.64. The van der Waals surface area contributed by atoms with Crippen LogP contribution in [0.4, 0.5) is 0 Å². The van der Waals surface area contributed by atoms with Crippen LogP contribution in [-0.2, 0) is 35.9 Å². The fourth-order valence-electron chi connectivity index (χ4n) is 5.38. The van der Waals surface area contributed by atoms with Crippen LogP contribution in [0, 0.1) is 5.41 Å². The van der Waals surface area contributed by atoms with E-state index >= 15 is 0 Å². The quantitative estimate of drug-likeness (QED) is 0.0454. The number of imide groups is 1. The number of fused-ring (bicyclic) bond motifs is 1. The van der Waals surface area contributed by atoms with Crippen molar-refractivity contribution in [3.63, 3.8) is 0 Å². The van der Waals surface area contributed by atoms with Gasteiger partial charge >= 0.3 is 11.9 Å². The summed E-state index contributed by atoms with van der Waals surface area (Å²) in [7, 11) is 0. The Morgan fingerprint density at radius 2 is 1.44 bits per heavy atom. The fraction of sp³-hybridized carbons (Fsp3) is 0.242. The molecule has 0 saturated heterocycles. The van der Waals surface area contributed by atoms with Gasteiger partial charge in [0.05, 0.1) is 12.1 Å². The van der Waals surface area contributed by atoms with Crippen LogP contribution in [-0.4, -0.2) is 58.2 Å². The maximum absolute atomic E-state index is 14.6. The molecule has 0 unspecified atom stereocenters. The van der Waals surface area contributed by atoms with Crippen LogP contribution in [0.25, 0.3) is 10.9 Å². The van der Waals surface area contributed by atoms with E-state index in [9.17, 15) is 19.2 Å². The molecular weight excluding hydrogens is 574 g/mol. The number of para-hydroxylation sites is 1. The molecule has 234 valence electrons. The minimum Gasteiger partial charge on any atom is -0.391 e. The lowest BCUT2D eigenvalue weighted by atomic mass is 9.79. The number of esters is 2. The second-order valence-corrected chi connectivity index (χ2v) is 10.6. The standard InChI is InChI=1S/C33H37N7O5/c1-21(41)45-31(44)33(23-11-4-2-5-12-23,24-13-6-3-7-14-24)40(29(42)26(34)16-10-18-38-32(36)37)30(43)27(35)19-22-20-39-28-17-9-8-15-25(22)28/h2-9,11-15,17,20,26-27,39H,10,16,18-19,34-35H2,1H3,(H4,36,37,38)/t26-,27-/m0/s1. The number of guanidine groups is 1. The third-order valence-corrected chi connectivity index (χ3v) is 7.45. The van der Waals surface area contributed by atoms with Crippen molar-refractivity contribution in [3.05, 3.63) is 108 Å². The van der Waals surface area contributed by atoms with Crippen LogP contribution in [0.3, 0.4) is 0 Å². The number of rotatable bonds is 12. The highest BCUT2D eigenvalue weighted by Gasteiger charge is 2.55. The number of benzene rings is 3. The topological polar surface area (TPSA) is 210 Å². The average Bonchev–Trinajstić information content (AvgIpc) is 3.44. The molecule has 45 heavy (non-hydrogen) atoms. The molecule has 9 N–H and O–H groups in total. The van der Waals surface area contributed by atoms with E-state index in [2.05, 4.69) is 10.3 Å². The Morgan fingerprint density at radius 3 is 2.02 bits per heavy atom. The number of nitrogens with zero attached hydrogens (tertiary/aromatic N) is 1. The van der Waals surface area contributed by atoms with E-state index in [1.807, 2.05) is 24.3 Å². The molecule has 0 aliphatic rings. The molecule has 4 aromatic rings. The van der Waals surface area contributed by atoms with Gasteiger partial charge in [-0.15, -0.1) is 0 Å². The van der Waals surface area contributed by atoms with Gasteiger partial charge in [-0.2, -0.15) is 0 Å². The molecule has 0 spiro atoms. The summed E-state index contributed by atoms with van der Waals surface area (Å²) in [5.74, 6) is -4.13. The molecule has 0 saturated carbocycles. The summed E-state index contributed by atoms with van der Waals surface area (Å²) in [5.41, 5.74) is 18.0. The second kappa shape index (κ2) is 14.4. The highest BCUT2D eigenvalue weighted by atomic mass is 16.6. The minimum atomic E-state index is -2.27. The zero-order chi connectivity index (χ0) is 32.6. The van der Waals surface area contributed by atoms with E-state index in [1.165, 1.54) is 0 Å². The predicted octanol–water partition coefficient (Wildman–Crippen LogP) is 2.02. The largest absolute Gasteiger partial charge is 0.391 e. The van der Waals surface area contributed by atoms with Crippen molar-refractivity contribution in [3.8, 4) is 0 Å². The Bertz CT molecular complexity index is 1630. The normalized spacial score (nSPS) is 12.6. The highest BCUT2D eigenvalue weighted by Crippen LogP contribution is 2.39. The third kappa shape index (κ3) is 7.08. The van der Waals surface area contributed by atoms with Crippen molar-refractivity contribution in [1.29, 1.82) is 5.41 Å². The van der Waals surface area contributed by atoms with Gasteiger partial charge in [0.15, 0.2) is 11.5 Å². The van der Waals surface area contributed by atoms with Crippen LogP contribution in [0.1, 0.15) is 36.5 Å². The van der Waals surface area contributed by atoms with Gasteiger partial charge in [0, 0.05) is 30.6 Å². The van der Waals surface area contributed by atoms with Crippen molar-refractivity contribution in [2.24, 2.45) is 17.2 Å². The number of aromatic amines is 1. The summed E-state index contributed by atoms with van der Waals surface area (Å²) in [4.78, 5) is 59.5. The van der Waals surface area contributed by atoms with Gasteiger partial charge in [0.1, 0.15) is 0 Å². The molecule has 0 fully saturated rings. The van der Waals surface area contributed by atoms with Crippen molar-refractivity contribution < 1.29 is 23.9 Å². The zero-order valence-corrected chi connectivity index (χ0v) is 24.9. The van der Waals surface area contributed by atoms with E-state index in [-0.39, 0.29) is 36.5 Å². The first-order valence-electron chi connectivity index (χ1n) is 14.4. The van der Waals surface area contributed by atoms with E-state index in [1.54, 1.807) is 66.9 Å². The summed E-state index contributed by atoms with van der Waals surface area (Å²) < 4.78 is 5.20. The summed E-state index contributed by atoms with van der Waals surface area (Å²) in [6, 6.07) is 21.1. The van der Waals surface area contributed by atoms with Crippen LogP contribution in [0.15, 0.2) is 91.1 Å². The van der Waals surface area contributed by atoms with Crippen molar-refractivity contribution in [2.75, 3.05) is 6.54 Å². The molecule has 3 aromatic carbocycles. The van der Waals surface area contributed by atoms with Gasteiger partial charge in [-0.3, -0.25) is 24.7 Å². The summed E-state index contributed by atoms with van der Waals surface area (Å²) >= 11 is 0. The highest BCUT2D eigenvalue weighted by molar-refractivity contribution is 6.08. The average molecular weight is 612 g/mol. The lowest BCUT2D eigenvalue weighted by molar-refractivity contribution is -0.174. The van der Waals surface area contributed by atoms with Gasteiger partial charge in [0.25, 0.3) is 0 Å². The Morgan fingerprint density at radius 1 is 0.889 bits per heavy atom. The number of ether oxygens (including phenoxy) is 1. The number of carbonyl (C=O) groups is 4. The van der Waals surface area contributed by atoms with Crippen LogP contribution >= 0.6 is 0 Å². The molecule has 0 aliphatic heterocycles. The Kier molecular flexibility index (Phi) is 10.4. The number of amides is 2. The molecule has 1 aromatic heterocycles. The SMILES string of the molecule is CC(=O)OC(=O)C(c1ccccc1)(c1ccccc1)N(C(=O)[C@@H](N)CCCNC(=N)N)C(=O)[C@@H](N)Cc1c[nH]c2ccccc12. The zero-order valence-electron chi connectivity index (χ0n) is 24.9.